The molecule has 6 nitrogen and oxygen atoms in total. The highest BCUT2D eigenvalue weighted by Gasteiger charge is 2.31. The summed E-state index contributed by atoms with van der Waals surface area (Å²) in [5, 5.41) is 26.9. The van der Waals surface area contributed by atoms with E-state index in [1.807, 2.05) is 0 Å². The zero-order chi connectivity index (χ0) is 11.1. The fourth-order valence-electron chi connectivity index (χ4n) is 0.695. The minimum atomic E-state index is -1.90. The van der Waals surface area contributed by atoms with Gasteiger partial charge in [0.25, 0.3) is 0 Å². The summed E-state index contributed by atoms with van der Waals surface area (Å²) in [4.78, 5) is 20.9. The summed E-state index contributed by atoms with van der Waals surface area (Å²) in [7, 11) is 0. The number of carbonyl (C=O) groups is 2. The third kappa shape index (κ3) is 3.82. The van der Waals surface area contributed by atoms with E-state index in [0.29, 0.717) is 6.42 Å². The number of aliphatic hydroxyl groups excluding tert-OH is 3. The first-order chi connectivity index (χ1) is 6.54. The molecule has 0 aromatic heterocycles. The molecule has 0 rings (SSSR count). The molecule has 0 fully saturated rings. The Balaban J connectivity index is 4.09. The van der Waals surface area contributed by atoms with Crippen LogP contribution in [0.5, 0.6) is 0 Å². The van der Waals surface area contributed by atoms with Crippen molar-refractivity contribution in [3.05, 3.63) is 0 Å². The van der Waals surface area contributed by atoms with Crippen LogP contribution >= 0.6 is 0 Å². The topological polar surface area (TPSA) is 104 Å². The van der Waals surface area contributed by atoms with E-state index in [2.05, 4.69) is 4.74 Å². The third-order valence-corrected chi connectivity index (χ3v) is 1.50. The summed E-state index contributed by atoms with van der Waals surface area (Å²) in [6.07, 6.45) is -4.94. The van der Waals surface area contributed by atoms with Crippen LogP contribution in [0.2, 0.25) is 0 Å². The first-order valence-electron chi connectivity index (χ1n) is 4.20. The molecule has 0 bridgehead atoms. The monoisotopic (exact) mass is 206 g/mol. The van der Waals surface area contributed by atoms with Crippen LogP contribution in [0.25, 0.3) is 0 Å². The summed E-state index contributed by atoms with van der Waals surface area (Å²) in [5.74, 6) is -1.06. The van der Waals surface area contributed by atoms with Crippen molar-refractivity contribution in [2.24, 2.45) is 0 Å². The number of hydrogen-bond acceptors (Lipinski definition) is 6. The van der Waals surface area contributed by atoms with Crippen LogP contribution in [0.3, 0.4) is 0 Å². The molecule has 0 unspecified atom stereocenters. The first-order valence-corrected chi connectivity index (χ1v) is 4.20. The van der Waals surface area contributed by atoms with E-state index in [1.165, 1.54) is 0 Å². The van der Waals surface area contributed by atoms with Gasteiger partial charge < -0.3 is 24.9 Å². The van der Waals surface area contributed by atoms with Gasteiger partial charge in [-0.05, 0) is 6.42 Å². The van der Waals surface area contributed by atoms with Gasteiger partial charge in [-0.15, -0.1) is 0 Å². The van der Waals surface area contributed by atoms with Crippen molar-refractivity contribution in [2.75, 3.05) is 6.61 Å². The minimum absolute atomic E-state index is 0.0288. The quantitative estimate of drug-likeness (QED) is 0.350. The Labute approximate surface area is 81.1 Å². The molecule has 0 spiro atoms. The van der Waals surface area contributed by atoms with Gasteiger partial charge in [-0.2, -0.15) is 0 Å². The fraction of sp³-hybridized carbons (Fsp3) is 0.750. The smallest absolute Gasteiger partial charge is 0.337 e. The van der Waals surface area contributed by atoms with Gasteiger partial charge in [-0.3, -0.25) is 0 Å². The van der Waals surface area contributed by atoms with Crippen LogP contribution in [0, 0.1) is 0 Å². The van der Waals surface area contributed by atoms with E-state index < -0.39 is 24.3 Å². The van der Waals surface area contributed by atoms with Crippen LogP contribution < -0.4 is 0 Å². The maximum atomic E-state index is 10.9. The average Bonchev–Trinajstić information content (AvgIpc) is 2.22. The maximum absolute atomic E-state index is 10.9. The Morgan fingerprint density at radius 3 is 2.43 bits per heavy atom. The molecule has 6 heteroatoms. The van der Waals surface area contributed by atoms with Gasteiger partial charge >= 0.3 is 5.97 Å². The number of hydrogen-bond donors (Lipinski definition) is 3. The number of aldehydes is 1. The predicted molar refractivity (Wildman–Crippen MR) is 45.3 cm³/mol. The van der Waals surface area contributed by atoms with E-state index in [-0.39, 0.29) is 12.9 Å². The summed E-state index contributed by atoms with van der Waals surface area (Å²) < 4.78 is 4.49. The lowest BCUT2D eigenvalue weighted by molar-refractivity contribution is -0.164. The highest BCUT2D eigenvalue weighted by Crippen LogP contribution is 2.01. The maximum Gasteiger partial charge on any atom is 0.337 e. The average molecular weight is 206 g/mol. The van der Waals surface area contributed by atoms with Crippen molar-refractivity contribution < 1.29 is 29.6 Å². The van der Waals surface area contributed by atoms with Crippen LogP contribution in [-0.4, -0.2) is 52.5 Å². The van der Waals surface area contributed by atoms with Gasteiger partial charge in [0.1, 0.15) is 12.2 Å². The Morgan fingerprint density at radius 1 is 1.43 bits per heavy atom. The largest absolute Gasteiger partial charge is 0.464 e. The van der Waals surface area contributed by atoms with Crippen molar-refractivity contribution in [1.82, 2.24) is 0 Å². The van der Waals surface area contributed by atoms with Gasteiger partial charge in [-0.25, -0.2) is 4.79 Å². The van der Waals surface area contributed by atoms with Crippen molar-refractivity contribution in [2.45, 2.75) is 31.7 Å². The van der Waals surface area contributed by atoms with E-state index >= 15 is 0 Å². The Kier molecular flexibility index (Phi) is 6.02. The third-order valence-electron chi connectivity index (χ3n) is 1.50. The zero-order valence-electron chi connectivity index (χ0n) is 7.79. The lowest BCUT2D eigenvalue weighted by Crippen LogP contribution is -2.43. The van der Waals surface area contributed by atoms with Gasteiger partial charge in [0.05, 0.1) is 6.61 Å². The molecule has 0 saturated carbocycles. The summed E-state index contributed by atoms with van der Waals surface area (Å²) >= 11 is 0. The summed E-state index contributed by atoms with van der Waals surface area (Å²) in [6.45, 7) is 1.87. The summed E-state index contributed by atoms with van der Waals surface area (Å²) in [6, 6.07) is 0. The molecule has 0 aromatic rings. The van der Waals surface area contributed by atoms with Gasteiger partial charge in [0.15, 0.2) is 12.4 Å². The van der Waals surface area contributed by atoms with Crippen molar-refractivity contribution in [3.63, 3.8) is 0 Å². The van der Waals surface area contributed by atoms with Gasteiger partial charge in [0.2, 0.25) is 0 Å². The van der Waals surface area contributed by atoms with Gasteiger partial charge in [-0.1, -0.05) is 6.92 Å². The van der Waals surface area contributed by atoms with Crippen LogP contribution in [-0.2, 0) is 14.3 Å². The standard InChI is InChI=1S/C8H14O6/c1-2-3-14-8(13)7(12)6(11)5(10)4-9/h4-7,10-12H,2-3H2,1H3/t5-,6+,7+/m1/s1. The molecule has 0 heterocycles. The molecule has 0 aromatic carbocycles. The molecule has 3 atom stereocenters. The molecule has 82 valence electrons. The Morgan fingerprint density at radius 2 is 2.00 bits per heavy atom. The van der Waals surface area contributed by atoms with E-state index in [4.69, 9.17) is 15.3 Å². The number of carbonyl (C=O) groups excluding carboxylic acids is 2. The second-order valence-electron chi connectivity index (χ2n) is 2.73. The Bertz CT molecular complexity index is 192. The number of aliphatic hydroxyl groups is 3. The van der Waals surface area contributed by atoms with Crippen LogP contribution in [0.15, 0.2) is 0 Å². The molecule has 0 amide bonds. The minimum Gasteiger partial charge on any atom is -0.464 e. The number of ether oxygens (including phenoxy) is 1. The molecule has 0 aliphatic heterocycles. The molecule has 0 aliphatic carbocycles. The number of rotatable bonds is 6. The zero-order valence-corrected chi connectivity index (χ0v) is 7.79. The number of esters is 1. The van der Waals surface area contributed by atoms with E-state index in [1.54, 1.807) is 6.92 Å². The summed E-state index contributed by atoms with van der Waals surface area (Å²) in [5.41, 5.74) is 0. The molecular weight excluding hydrogens is 192 g/mol. The van der Waals surface area contributed by atoms with Crippen molar-refractivity contribution in [1.29, 1.82) is 0 Å². The molecule has 14 heavy (non-hydrogen) atoms. The highest BCUT2D eigenvalue weighted by molar-refractivity contribution is 5.76. The van der Waals surface area contributed by atoms with E-state index in [0.717, 1.165) is 0 Å². The second kappa shape index (κ2) is 6.47. The SMILES string of the molecule is CCCOC(=O)[C@@H](O)[C@@H](O)[C@H](O)C=O. The van der Waals surface area contributed by atoms with E-state index in [9.17, 15) is 9.59 Å². The lowest BCUT2D eigenvalue weighted by atomic mass is 10.1. The fourth-order valence-corrected chi connectivity index (χ4v) is 0.695. The molecule has 0 radical (unpaired) electrons. The van der Waals surface area contributed by atoms with Crippen LogP contribution in [0.1, 0.15) is 13.3 Å². The molecule has 0 saturated heterocycles. The van der Waals surface area contributed by atoms with Crippen molar-refractivity contribution in [3.8, 4) is 0 Å². The van der Waals surface area contributed by atoms with Crippen molar-refractivity contribution >= 4 is 12.3 Å². The lowest BCUT2D eigenvalue weighted by Gasteiger charge is -2.17. The highest BCUT2D eigenvalue weighted by atomic mass is 16.5. The normalized spacial score (nSPS) is 16.9. The van der Waals surface area contributed by atoms with Gasteiger partial charge in [0, 0.05) is 0 Å². The first kappa shape index (κ1) is 13.0. The molecular formula is C8H14O6. The van der Waals surface area contributed by atoms with Crippen LogP contribution in [0.4, 0.5) is 0 Å². The second-order valence-corrected chi connectivity index (χ2v) is 2.73. The Hall–Kier alpha value is -0.980. The molecule has 0 aliphatic rings. The molecule has 3 N–H and O–H groups in total. The predicted octanol–water partition coefficient (Wildman–Crippen LogP) is -1.78.